The van der Waals surface area contributed by atoms with Crippen molar-refractivity contribution in [3.8, 4) is 0 Å². The number of hydrogen-bond acceptors (Lipinski definition) is 6. The molecule has 0 aliphatic carbocycles. The van der Waals surface area contributed by atoms with Gasteiger partial charge in [0.15, 0.2) is 0 Å². The SMILES string of the molecule is CSc1ccc(C(=O)N2CCCN(S(C)(=O)=O)CC2)cc1[N+](=O)[O-]. The van der Waals surface area contributed by atoms with Crippen LogP contribution in [0.2, 0.25) is 0 Å². The smallest absolute Gasteiger partial charge is 0.283 e. The third kappa shape index (κ3) is 4.25. The number of carbonyl (C=O) groups is 1. The van der Waals surface area contributed by atoms with Gasteiger partial charge in [-0.15, -0.1) is 11.8 Å². The van der Waals surface area contributed by atoms with Crippen LogP contribution in [-0.4, -0.2) is 67.1 Å². The van der Waals surface area contributed by atoms with Crippen molar-refractivity contribution < 1.29 is 18.1 Å². The molecule has 24 heavy (non-hydrogen) atoms. The van der Waals surface area contributed by atoms with E-state index in [0.717, 1.165) is 6.26 Å². The average molecular weight is 373 g/mol. The van der Waals surface area contributed by atoms with E-state index >= 15 is 0 Å². The van der Waals surface area contributed by atoms with Gasteiger partial charge < -0.3 is 4.90 Å². The maximum atomic E-state index is 12.6. The zero-order chi connectivity index (χ0) is 17.9. The van der Waals surface area contributed by atoms with E-state index in [1.165, 1.54) is 22.1 Å². The number of nitro groups is 1. The standard InChI is InChI=1S/C14H19N3O5S2/c1-23-13-5-4-11(10-12(13)17(19)20)14(18)15-6-3-7-16(9-8-15)24(2,21)22/h4-5,10H,3,6-9H2,1-2H3. The van der Waals surface area contributed by atoms with Crippen molar-refractivity contribution in [2.45, 2.75) is 11.3 Å². The summed E-state index contributed by atoms with van der Waals surface area (Å²) in [6.45, 7) is 1.29. The van der Waals surface area contributed by atoms with Crippen LogP contribution in [0.25, 0.3) is 0 Å². The molecule has 1 aromatic carbocycles. The Morgan fingerprint density at radius 1 is 1.25 bits per heavy atom. The van der Waals surface area contributed by atoms with Gasteiger partial charge in [0.05, 0.1) is 16.1 Å². The first kappa shape index (κ1) is 18.7. The van der Waals surface area contributed by atoms with Crippen LogP contribution in [0.4, 0.5) is 5.69 Å². The summed E-state index contributed by atoms with van der Waals surface area (Å²) in [6, 6.07) is 4.42. The maximum absolute atomic E-state index is 12.6. The first-order chi connectivity index (χ1) is 11.2. The maximum Gasteiger partial charge on any atom is 0.283 e. The molecule has 132 valence electrons. The summed E-state index contributed by atoms with van der Waals surface area (Å²) in [5, 5.41) is 11.1. The van der Waals surface area contributed by atoms with Gasteiger partial charge in [0.1, 0.15) is 0 Å². The van der Waals surface area contributed by atoms with E-state index < -0.39 is 14.9 Å². The van der Waals surface area contributed by atoms with Gasteiger partial charge in [-0.05, 0) is 24.8 Å². The fourth-order valence-electron chi connectivity index (χ4n) is 2.58. The highest BCUT2D eigenvalue weighted by Gasteiger charge is 2.25. The highest BCUT2D eigenvalue weighted by atomic mass is 32.2. The number of thioether (sulfide) groups is 1. The quantitative estimate of drug-likeness (QED) is 0.449. The van der Waals surface area contributed by atoms with Gasteiger partial charge >= 0.3 is 0 Å². The molecule has 0 aromatic heterocycles. The van der Waals surface area contributed by atoms with Crippen molar-refractivity contribution in [2.24, 2.45) is 0 Å². The molecule has 1 aliphatic rings. The summed E-state index contributed by atoms with van der Waals surface area (Å²) < 4.78 is 24.6. The average Bonchev–Trinajstić information content (AvgIpc) is 2.79. The van der Waals surface area contributed by atoms with Crippen molar-refractivity contribution in [1.29, 1.82) is 0 Å². The second-order valence-electron chi connectivity index (χ2n) is 5.45. The zero-order valence-electron chi connectivity index (χ0n) is 13.5. The predicted molar refractivity (Wildman–Crippen MR) is 91.8 cm³/mol. The number of benzene rings is 1. The molecule has 0 radical (unpaired) electrons. The number of nitrogens with zero attached hydrogens (tertiary/aromatic N) is 3. The van der Waals surface area contributed by atoms with Crippen molar-refractivity contribution >= 4 is 33.4 Å². The zero-order valence-corrected chi connectivity index (χ0v) is 15.1. The van der Waals surface area contributed by atoms with E-state index in [1.807, 2.05) is 0 Å². The van der Waals surface area contributed by atoms with Crippen LogP contribution in [0.5, 0.6) is 0 Å². The summed E-state index contributed by atoms with van der Waals surface area (Å²) in [6.07, 6.45) is 3.41. The number of rotatable bonds is 4. The molecule has 0 saturated carbocycles. The molecule has 1 aromatic rings. The molecular weight excluding hydrogens is 354 g/mol. The first-order valence-electron chi connectivity index (χ1n) is 7.31. The Bertz CT molecular complexity index is 751. The molecule has 1 aliphatic heterocycles. The summed E-state index contributed by atoms with van der Waals surface area (Å²) in [7, 11) is -3.29. The van der Waals surface area contributed by atoms with Crippen LogP contribution in [0.1, 0.15) is 16.8 Å². The number of carbonyl (C=O) groups excluding carboxylic acids is 1. The Hall–Kier alpha value is -1.65. The van der Waals surface area contributed by atoms with Crippen LogP contribution < -0.4 is 0 Å². The van der Waals surface area contributed by atoms with Gasteiger partial charge in [-0.2, -0.15) is 0 Å². The van der Waals surface area contributed by atoms with Gasteiger partial charge in [-0.25, -0.2) is 12.7 Å². The van der Waals surface area contributed by atoms with E-state index in [9.17, 15) is 23.3 Å². The Kier molecular flexibility index (Phi) is 5.83. The fourth-order valence-corrected chi connectivity index (χ4v) is 4.00. The molecular formula is C14H19N3O5S2. The lowest BCUT2D eigenvalue weighted by Gasteiger charge is -2.21. The van der Waals surface area contributed by atoms with Gasteiger partial charge in [0, 0.05) is 37.8 Å². The van der Waals surface area contributed by atoms with E-state index in [4.69, 9.17) is 0 Å². The minimum Gasteiger partial charge on any atom is -0.337 e. The summed E-state index contributed by atoms with van der Waals surface area (Å²) in [5.74, 6) is -0.318. The number of hydrogen-bond donors (Lipinski definition) is 0. The third-order valence-corrected chi connectivity index (χ3v) is 5.92. The Balaban J connectivity index is 2.20. The molecule has 10 heteroatoms. The first-order valence-corrected chi connectivity index (χ1v) is 10.4. The van der Waals surface area contributed by atoms with Crippen LogP contribution in [0.15, 0.2) is 23.1 Å². The second-order valence-corrected chi connectivity index (χ2v) is 8.28. The van der Waals surface area contributed by atoms with Crippen LogP contribution in [0, 0.1) is 10.1 Å². The molecule has 1 amide bonds. The number of nitro benzene ring substituents is 1. The van der Waals surface area contributed by atoms with Crippen LogP contribution in [-0.2, 0) is 10.0 Å². The topological polar surface area (TPSA) is 101 Å². The van der Waals surface area contributed by atoms with E-state index in [0.29, 0.717) is 24.4 Å². The summed E-state index contributed by atoms with van der Waals surface area (Å²) >= 11 is 1.25. The van der Waals surface area contributed by atoms with Crippen molar-refractivity contribution in [2.75, 3.05) is 38.7 Å². The van der Waals surface area contributed by atoms with Gasteiger partial charge in [0.25, 0.3) is 11.6 Å². The number of sulfonamides is 1. The molecule has 1 saturated heterocycles. The molecule has 1 heterocycles. The molecule has 0 unspecified atom stereocenters. The molecule has 0 atom stereocenters. The highest BCUT2D eigenvalue weighted by Crippen LogP contribution is 2.28. The highest BCUT2D eigenvalue weighted by molar-refractivity contribution is 7.98. The fraction of sp³-hybridized carbons (Fsp3) is 0.500. The lowest BCUT2D eigenvalue weighted by molar-refractivity contribution is -0.387. The second kappa shape index (κ2) is 7.49. The van der Waals surface area contributed by atoms with E-state index in [1.54, 1.807) is 23.3 Å². The molecule has 0 bridgehead atoms. The molecule has 0 spiro atoms. The molecule has 2 rings (SSSR count). The monoisotopic (exact) mass is 373 g/mol. The Morgan fingerprint density at radius 2 is 1.96 bits per heavy atom. The molecule has 1 fully saturated rings. The van der Waals surface area contributed by atoms with E-state index in [2.05, 4.69) is 0 Å². The van der Waals surface area contributed by atoms with Gasteiger partial charge in [0.2, 0.25) is 10.0 Å². The summed E-state index contributed by atoms with van der Waals surface area (Å²) in [5.41, 5.74) is 0.147. The minimum absolute atomic E-state index is 0.0964. The minimum atomic E-state index is -3.29. The Morgan fingerprint density at radius 3 is 2.54 bits per heavy atom. The lowest BCUT2D eigenvalue weighted by atomic mass is 10.1. The number of amides is 1. The third-order valence-electron chi connectivity index (χ3n) is 3.83. The van der Waals surface area contributed by atoms with Gasteiger partial charge in [-0.3, -0.25) is 14.9 Å². The predicted octanol–water partition coefficient (Wildman–Crippen LogP) is 1.42. The Labute approximate surface area is 145 Å². The van der Waals surface area contributed by atoms with E-state index in [-0.39, 0.29) is 30.2 Å². The molecule has 0 N–H and O–H groups in total. The van der Waals surface area contributed by atoms with Gasteiger partial charge in [-0.1, -0.05) is 0 Å². The van der Waals surface area contributed by atoms with Crippen molar-refractivity contribution in [3.63, 3.8) is 0 Å². The lowest BCUT2D eigenvalue weighted by Crippen LogP contribution is -2.36. The molecule has 8 nitrogen and oxygen atoms in total. The van der Waals surface area contributed by atoms with Crippen LogP contribution >= 0.6 is 11.8 Å². The van der Waals surface area contributed by atoms with Crippen molar-refractivity contribution in [3.05, 3.63) is 33.9 Å². The normalized spacial score (nSPS) is 16.7. The summed E-state index contributed by atoms with van der Waals surface area (Å²) in [4.78, 5) is 25.3. The van der Waals surface area contributed by atoms with Crippen molar-refractivity contribution in [1.82, 2.24) is 9.21 Å². The van der Waals surface area contributed by atoms with Crippen LogP contribution in [0.3, 0.4) is 0 Å². The largest absolute Gasteiger partial charge is 0.337 e.